The number of urea groups is 1. The van der Waals surface area contributed by atoms with E-state index in [-0.39, 0.29) is 30.2 Å². The van der Waals surface area contributed by atoms with Crippen LogP contribution in [0.2, 0.25) is 0 Å². The number of anilines is 2. The Morgan fingerprint density at radius 3 is 2.41 bits per heavy atom. The minimum absolute atomic E-state index is 0.196. The van der Waals surface area contributed by atoms with Crippen LogP contribution in [-0.2, 0) is 0 Å². The topological polar surface area (TPSA) is 98.3 Å². The number of aliphatic hydroxyl groups is 1. The van der Waals surface area contributed by atoms with Crippen molar-refractivity contribution in [2.75, 3.05) is 23.4 Å². The van der Waals surface area contributed by atoms with E-state index in [0.717, 1.165) is 28.8 Å². The van der Waals surface area contributed by atoms with Gasteiger partial charge in [-0.3, -0.25) is 9.69 Å². The molecule has 7 heteroatoms. The molecule has 0 bridgehead atoms. The number of benzene rings is 2. The lowest BCUT2D eigenvalue weighted by Crippen LogP contribution is -2.40. The first-order valence-electron chi connectivity index (χ1n) is 14.2. The van der Waals surface area contributed by atoms with Gasteiger partial charge in [-0.05, 0) is 59.2 Å². The number of nitrogens with one attached hydrogen (secondary N) is 2. The number of rotatable bonds is 8. The van der Waals surface area contributed by atoms with E-state index in [9.17, 15) is 14.7 Å². The van der Waals surface area contributed by atoms with Gasteiger partial charge < -0.3 is 15.4 Å². The molecule has 3 N–H and O–H groups in total. The number of H-pyrrole nitrogens is 1. The molecule has 7 nitrogen and oxygen atoms in total. The molecule has 2 amide bonds. The number of hydrogen-bond donors (Lipinski definition) is 3. The van der Waals surface area contributed by atoms with Gasteiger partial charge >= 0.3 is 6.03 Å². The van der Waals surface area contributed by atoms with Crippen molar-refractivity contribution < 1.29 is 9.90 Å². The summed E-state index contributed by atoms with van der Waals surface area (Å²) in [6.07, 6.45) is 3.18. The van der Waals surface area contributed by atoms with Crippen molar-refractivity contribution in [3.8, 4) is 23.0 Å². The van der Waals surface area contributed by atoms with Gasteiger partial charge in [-0.25, -0.2) is 9.78 Å². The Balaban J connectivity index is 1.95. The van der Waals surface area contributed by atoms with Gasteiger partial charge in [-0.1, -0.05) is 83.2 Å². The molecule has 2 aromatic heterocycles. The number of hydrogen-bond acceptors (Lipinski definition) is 4. The van der Waals surface area contributed by atoms with Crippen molar-refractivity contribution in [2.24, 2.45) is 0 Å². The van der Waals surface area contributed by atoms with Crippen molar-refractivity contribution >= 4 is 28.4 Å². The van der Waals surface area contributed by atoms with Crippen LogP contribution >= 0.6 is 0 Å². The van der Waals surface area contributed by atoms with Gasteiger partial charge in [0.25, 0.3) is 5.56 Å². The minimum atomic E-state index is -0.398. The van der Waals surface area contributed by atoms with Crippen LogP contribution < -0.4 is 15.8 Å². The van der Waals surface area contributed by atoms with Crippen molar-refractivity contribution in [2.45, 2.75) is 59.3 Å². The highest BCUT2D eigenvalue weighted by atomic mass is 16.2. The van der Waals surface area contributed by atoms with Crippen molar-refractivity contribution in [1.29, 1.82) is 0 Å². The highest BCUT2D eigenvalue weighted by Crippen LogP contribution is 2.36. The van der Waals surface area contributed by atoms with Crippen LogP contribution in [0.3, 0.4) is 0 Å². The van der Waals surface area contributed by atoms with Crippen molar-refractivity contribution in [3.63, 3.8) is 0 Å². The Morgan fingerprint density at radius 1 is 1.05 bits per heavy atom. The molecule has 0 fully saturated rings. The molecule has 212 valence electrons. The van der Waals surface area contributed by atoms with Crippen LogP contribution in [0.1, 0.15) is 76.0 Å². The number of fused-ring (bicyclic) bond motifs is 1. The van der Waals surface area contributed by atoms with E-state index in [1.807, 2.05) is 54.6 Å². The van der Waals surface area contributed by atoms with Crippen LogP contribution in [0.15, 0.2) is 65.6 Å². The SMILES string of the molecule is CCCCN(C(=O)Nc1c(C(C)C)cccc1C(C)C)c1c(-c2cccc(C#CCO)c2)c2cccnc2[nH]c1=O. The predicted molar refractivity (Wildman–Crippen MR) is 168 cm³/mol. The number of carbonyl (C=O) groups excluding carboxylic acids is 1. The molecule has 41 heavy (non-hydrogen) atoms. The highest BCUT2D eigenvalue weighted by molar-refractivity contribution is 6.09. The zero-order valence-corrected chi connectivity index (χ0v) is 24.4. The van der Waals surface area contributed by atoms with Gasteiger partial charge in [0.2, 0.25) is 0 Å². The molecule has 0 saturated carbocycles. The molecule has 0 radical (unpaired) electrons. The average Bonchev–Trinajstić information content (AvgIpc) is 2.96. The summed E-state index contributed by atoms with van der Waals surface area (Å²) in [5.74, 6) is 6.02. The third-order valence-corrected chi connectivity index (χ3v) is 7.08. The molecular formula is C34H38N4O3. The smallest absolute Gasteiger partial charge is 0.326 e. The van der Waals surface area contributed by atoms with E-state index in [0.29, 0.717) is 35.1 Å². The van der Waals surface area contributed by atoms with Crippen LogP contribution in [0.5, 0.6) is 0 Å². The van der Waals surface area contributed by atoms with E-state index in [1.54, 1.807) is 11.1 Å². The van der Waals surface area contributed by atoms with Gasteiger partial charge in [0.05, 0.1) is 0 Å². The average molecular weight is 551 g/mol. The predicted octanol–water partition coefficient (Wildman–Crippen LogP) is 7.02. The van der Waals surface area contributed by atoms with E-state index >= 15 is 0 Å². The molecule has 2 aromatic carbocycles. The second-order valence-corrected chi connectivity index (χ2v) is 10.7. The monoisotopic (exact) mass is 550 g/mol. The molecule has 0 unspecified atom stereocenters. The minimum Gasteiger partial charge on any atom is -0.384 e. The fraction of sp³-hybridized carbons (Fsp3) is 0.324. The van der Waals surface area contributed by atoms with Gasteiger partial charge in [-0.2, -0.15) is 0 Å². The maximum atomic E-state index is 14.2. The number of amides is 2. The maximum Gasteiger partial charge on any atom is 0.326 e. The van der Waals surface area contributed by atoms with Crippen LogP contribution in [-0.4, -0.2) is 34.3 Å². The second kappa shape index (κ2) is 13.3. The fourth-order valence-corrected chi connectivity index (χ4v) is 5.06. The third kappa shape index (κ3) is 6.50. The van der Waals surface area contributed by atoms with Crippen LogP contribution in [0.25, 0.3) is 22.2 Å². The Bertz CT molecular complexity index is 1630. The van der Waals surface area contributed by atoms with Gasteiger partial charge in [0.15, 0.2) is 0 Å². The van der Waals surface area contributed by atoms with E-state index in [1.165, 1.54) is 0 Å². The number of pyridine rings is 2. The highest BCUT2D eigenvalue weighted by Gasteiger charge is 2.27. The lowest BCUT2D eigenvalue weighted by Gasteiger charge is -2.27. The maximum absolute atomic E-state index is 14.2. The number of carbonyl (C=O) groups is 1. The number of nitrogens with zero attached hydrogens (tertiary/aromatic N) is 2. The lowest BCUT2D eigenvalue weighted by atomic mass is 9.92. The Kier molecular flexibility index (Phi) is 9.59. The van der Waals surface area contributed by atoms with Crippen LogP contribution in [0, 0.1) is 11.8 Å². The first-order chi connectivity index (χ1) is 19.8. The molecule has 2 heterocycles. The summed E-state index contributed by atoms with van der Waals surface area (Å²) in [4.78, 5) is 36.9. The summed E-state index contributed by atoms with van der Waals surface area (Å²) in [5, 5.41) is 13.1. The van der Waals surface area contributed by atoms with E-state index in [2.05, 4.69) is 61.7 Å². The number of aliphatic hydroxyl groups excluding tert-OH is 1. The number of aromatic nitrogens is 2. The lowest BCUT2D eigenvalue weighted by molar-refractivity contribution is 0.256. The van der Waals surface area contributed by atoms with Gasteiger partial charge in [0.1, 0.15) is 17.9 Å². The Labute approximate surface area is 241 Å². The zero-order valence-electron chi connectivity index (χ0n) is 24.4. The normalized spacial score (nSPS) is 11.0. The van der Waals surface area contributed by atoms with Gasteiger partial charge in [0, 0.05) is 34.9 Å². The molecule has 4 aromatic rings. The summed E-state index contributed by atoms with van der Waals surface area (Å²) in [6, 6.07) is 16.9. The standard InChI is InChI=1S/C34H38N4O3/c1-6-7-19-38(34(41)36-30-26(22(2)3)15-9-16-27(30)23(4)5)31-29(25-14-8-12-24(21-25)13-11-20-39)28-17-10-18-35-32(28)37-33(31)40/h8-10,12,14-18,21-23,39H,6-7,19-20H2,1-5H3,(H,36,41)(H,35,37,40). The van der Waals surface area contributed by atoms with Crippen LogP contribution in [0.4, 0.5) is 16.2 Å². The Hall–Kier alpha value is -4.41. The molecule has 4 rings (SSSR count). The number of unbranched alkanes of at least 4 members (excludes halogenated alkanes) is 1. The first-order valence-corrected chi connectivity index (χ1v) is 14.2. The quantitative estimate of drug-likeness (QED) is 0.205. The number of para-hydroxylation sites is 1. The van der Waals surface area contributed by atoms with E-state index in [4.69, 9.17) is 0 Å². The summed E-state index contributed by atoms with van der Waals surface area (Å²) in [7, 11) is 0. The fourth-order valence-electron chi connectivity index (χ4n) is 5.06. The molecule has 0 aliphatic carbocycles. The zero-order chi connectivity index (χ0) is 29.5. The molecule has 0 aliphatic heterocycles. The van der Waals surface area contributed by atoms with Crippen molar-refractivity contribution in [3.05, 3.63) is 87.8 Å². The molecule has 0 saturated heterocycles. The summed E-state index contributed by atoms with van der Waals surface area (Å²) < 4.78 is 0. The Morgan fingerprint density at radius 2 is 1.76 bits per heavy atom. The second-order valence-electron chi connectivity index (χ2n) is 10.7. The van der Waals surface area contributed by atoms with Crippen molar-refractivity contribution in [1.82, 2.24) is 9.97 Å². The summed E-state index contributed by atoms with van der Waals surface area (Å²) in [6.45, 7) is 10.6. The van der Waals surface area contributed by atoms with Gasteiger partial charge in [-0.15, -0.1) is 0 Å². The summed E-state index contributed by atoms with van der Waals surface area (Å²) >= 11 is 0. The largest absolute Gasteiger partial charge is 0.384 e. The molecule has 0 aliphatic rings. The number of aromatic amines is 1. The van der Waals surface area contributed by atoms with E-state index < -0.39 is 5.56 Å². The first kappa shape index (κ1) is 29.6. The third-order valence-electron chi connectivity index (χ3n) is 7.08. The molecule has 0 atom stereocenters. The molecule has 0 spiro atoms. The summed E-state index contributed by atoms with van der Waals surface area (Å²) in [5.41, 5.74) is 5.22. The molecular weight excluding hydrogens is 512 g/mol.